The van der Waals surface area contributed by atoms with Gasteiger partial charge in [0.05, 0.1) is 6.10 Å². The van der Waals surface area contributed by atoms with Gasteiger partial charge in [0.25, 0.3) is 0 Å². The molecule has 4 aliphatic rings. The summed E-state index contributed by atoms with van der Waals surface area (Å²) in [5.41, 5.74) is 1.00. The van der Waals surface area contributed by atoms with Crippen molar-refractivity contribution in [2.75, 3.05) is 0 Å². The minimum atomic E-state index is -0.0250. The Morgan fingerprint density at radius 1 is 0.862 bits per heavy atom. The highest BCUT2D eigenvalue weighted by Crippen LogP contribution is 2.68. The third-order valence-corrected chi connectivity index (χ3v) is 11.1. The van der Waals surface area contributed by atoms with E-state index in [1.54, 1.807) is 0 Å². The highest BCUT2D eigenvalue weighted by atomic mass is 16.3. The van der Waals surface area contributed by atoms with Crippen molar-refractivity contribution in [3.63, 3.8) is 0 Å². The molecule has 0 aromatic heterocycles. The molecule has 1 N–H and O–H groups in total. The summed E-state index contributed by atoms with van der Waals surface area (Å²) in [6.45, 7) is 15.0. The maximum absolute atomic E-state index is 11.4. The van der Waals surface area contributed by atoms with Gasteiger partial charge in [0, 0.05) is 0 Å². The van der Waals surface area contributed by atoms with E-state index in [1.165, 1.54) is 64.2 Å². The average Bonchev–Trinajstić information content (AvgIpc) is 3.00. The number of rotatable bonds is 5. The maximum Gasteiger partial charge on any atom is 0.0577 e. The molecule has 0 aliphatic heterocycles. The lowest BCUT2D eigenvalue weighted by Gasteiger charge is -2.62. The zero-order valence-electron chi connectivity index (χ0n) is 20.4. The number of fused-ring (bicyclic) bond motifs is 5. The zero-order chi connectivity index (χ0) is 21.0. The van der Waals surface area contributed by atoms with Crippen molar-refractivity contribution < 1.29 is 5.11 Å². The maximum atomic E-state index is 11.4. The first-order chi connectivity index (χ1) is 13.7. The fraction of sp³-hybridized carbons (Fsp3) is 1.00. The van der Waals surface area contributed by atoms with Crippen LogP contribution in [0.1, 0.15) is 112 Å². The quantitative estimate of drug-likeness (QED) is 0.499. The lowest BCUT2D eigenvalue weighted by atomic mass is 9.43. The molecule has 4 rings (SSSR count). The minimum absolute atomic E-state index is 0.0250. The normalized spacial score (nSPS) is 50.7. The Balaban J connectivity index is 1.50. The standard InChI is InChI=1S/C28H50O/c1-18(2)8-7-9-20(4)22-10-11-23-26-24(13-15-28(22,23)6)27(5)14-12-19(3)16-21(27)17-25(26)29/h18-26,29H,7-17H2,1-6H3/t19?,20?,21?,22-,23?,24?,25-,26?,27+,28-/m1/s1. The van der Waals surface area contributed by atoms with E-state index >= 15 is 0 Å². The van der Waals surface area contributed by atoms with Crippen LogP contribution in [-0.4, -0.2) is 11.2 Å². The summed E-state index contributed by atoms with van der Waals surface area (Å²) in [7, 11) is 0. The third-order valence-electron chi connectivity index (χ3n) is 11.1. The lowest BCUT2D eigenvalue weighted by Crippen LogP contribution is -2.58. The second-order valence-electron chi connectivity index (χ2n) is 13.2. The van der Waals surface area contributed by atoms with Gasteiger partial charge in [0.2, 0.25) is 0 Å². The van der Waals surface area contributed by atoms with Gasteiger partial charge in [0.15, 0.2) is 0 Å². The second kappa shape index (κ2) is 8.14. The van der Waals surface area contributed by atoms with E-state index in [4.69, 9.17) is 0 Å². The van der Waals surface area contributed by atoms with Gasteiger partial charge >= 0.3 is 0 Å². The molecule has 0 aromatic carbocycles. The Morgan fingerprint density at radius 2 is 1.55 bits per heavy atom. The minimum Gasteiger partial charge on any atom is -0.393 e. The molecule has 0 aromatic rings. The summed E-state index contributed by atoms with van der Waals surface area (Å²) in [6, 6.07) is 0. The van der Waals surface area contributed by atoms with Crippen LogP contribution in [0.4, 0.5) is 0 Å². The smallest absolute Gasteiger partial charge is 0.0577 e. The van der Waals surface area contributed by atoms with Crippen molar-refractivity contribution in [1.82, 2.24) is 0 Å². The van der Waals surface area contributed by atoms with Crippen LogP contribution >= 0.6 is 0 Å². The van der Waals surface area contributed by atoms with Crippen molar-refractivity contribution in [2.24, 2.45) is 58.2 Å². The van der Waals surface area contributed by atoms with Gasteiger partial charge in [-0.15, -0.1) is 0 Å². The van der Waals surface area contributed by atoms with E-state index < -0.39 is 0 Å². The number of aliphatic hydroxyl groups excluding tert-OH is 1. The Bertz CT molecular complexity index is 569. The van der Waals surface area contributed by atoms with Crippen LogP contribution in [-0.2, 0) is 0 Å². The third kappa shape index (κ3) is 3.74. The van der Waals surface area contributed by atoms with Gasteiger partial charge in [-0.3, -0.25) is 0 Å². The molecular formula is C28H50O. The second-order valence-corrected chi connectivity index (χ2v) is 13.2. The molecule has 4 fully saturated rings. The molecule has 0 radical (unpaired) electrons. The number of aliphatic hydroxyl groups is 1. The van der Waals surface area contributed by atoms with Crippen LogP contribution in [0.15, 0.2) is 0 Å². The topological polar surface area (TPSA) is 20.2 Å². The molecule has 6 unspecified atom stereocenters. The van der Waals surface area contributed by atoms with Crippen LogP contribution < -0.4 is 0 Å². The molecule has 168 valence electrons. The van der Waals surface area contributed by atoms with E-state index in [2.05, 4.69) is 41.5 Å². The van der Waals surface area contributed by atoms with E-state index in [0.29, 0.717) is 16.7 Å². The molecule has 0 spiro atoms. The first-order valence-corrected chi connectivity index (χ1v) is 13.3. The highest BCUT2D eigenvalue weighted by molar-refractivity contribution is 5.11. The molecule has 29 heavy (non-hydrogen) atoms. The molecule has 0 amide bonds. The Hall–Kier alpha value is -0.0400. The van der Waals surface area contributed by atoms with E-state index in [0.717, 1.165) is 47.8 Å². The average molecular weight is 403 g/mol. The predicted molar refractivity (Wildman–Crippen MR) is 124 cm³/mol. The Labute approximate surface area is 181 Å². The lowest BCUT2D eigenvalue weighted by molar-refractivity contribution is -0.168. The first kappa shape index (κ1) is 22.2. The largest absolute Gasteiger partial charge is 0.393 e. The monoisotopic (exact) mass is 402 g/mol. The Kier molecular flexibility index (Phi) is 6.22. The summed E-state index contributed by atoms with van der Waals surface area (Å²) in [4.78, 5) is 0. The summed E-state index contributed by atoms with van der Waals surface area (Å²) < 4.78 is 0. The van der Waals surface area contributed by atoms with Gasteiger partial charge in [-0.25, -0.2) is 0 Å². The zero-order valence-corrected chi connectivity index (χ0v) is 20.4. The molecule has 0 saturated heterocycles. The van der Waals surface area contributed by atoms with Gasteiger partial charge in [0.1, 0.15) is 0 Å². The molecule has 1 nitrogen and oxygen atoms in total. The SMILES string of the molecule is CC(C)CCCC(C)[C@H]1CCC2C3C(CC[C@@]21C)[C@@]1(C)CCC(C)CC1C[C@H]3O. The van der Waals surface area contributed by atoms with E-state index in [-0.39, 0.29) is 6.10 Å². The molecule has 0 heterocycles. The van der Waals surface area contributed by atoms with Gasteiger partial charge in [-0.05, 0) is 103 Å². The molecule has 4 aliphatic carbocycles. The van der Waals surface area contributed by atoms with Gasteiger partial charge in [-0.1, -0.05) is 67.2 Å². The summed E-state index contributed by atoms with van der Waals surface area (Å²) in [6.07, 6.45) is 15.1. The predicted octanol–water partition coefficient (Wildman–Crippen LogP) is 7.71. The fourth-order valence-electron chi connectivity index (χ4n) is 9.46. The van der Waals surface area contributed by atoms with Crippen LogP contribution in [0, 0.1) is 58.2 Å². The summed E-state index contributed by atoms with van der Waals surface area (Å²) >= 11 is 0. The van der Waals surface area contributed by atoms with Crippen molar-refractivity contribution in [3.8, 4) is 0 Å². The molecule has 4 saturated carbocycles. The van der Waals surface area contributed by atoms with E-state index in [9.17, 15) is 5.11 Å². The molecule has 0 bridgehead atoms. The van der Waals surface area contributed by atoms with Crippen LogP contribution in [0.5, 0.6) is 0 Å². The van der Waals surface area contributed by atoms with Gasteiger partial charge < -0.3 is 5.11 Å². The van der Waals surface area contributed by atoms with Crippen molar-refractivity contribution in [2.45, 2.75) is 118 Å². The van der Waals surface area contributed by atoms with Crippen molar-refractivity contribution in [3.05, 3.63) is 0 Å². The summed E-state index contributed by atoms with van der Waals surface area (Å²) in [5.74, 6) is 6.41. The number of hydrogen-bond donors (Lipinski definition) is 1. The molecule has 1 heteroatoms. The van der Waals surface area contributed by atoms with Crippen LogP contribution in [0.2, 0.25) is 0 Å². The van der Waals surface area contributed by atoms with Crippen molar-refractivity contribution in [1.29, 1.82) is 0 Å². The number of hydrogen-bond acceptors (Lipinski definition) is 1. The van der Waals surface area contributed by atoms with Crippen LogP contribution in [0.25, 0.3) is 0 Å². The van der Waals surface area contributed by atoms with Crippen molar-refractivity contribution >= 4 is 0 Å². The Morgan fingerprint density at radius 3 is 2.28 bits per heavy atom. The van der Waals surface area contributed by atoms with Crippen LogP contribution in [0.3, 0.4) is 0 Å². The fourth-order valence-corrected chi connectivity index (χ4v) is 9.46. The summed E-state index contributed by atoms with van der Waals surface area (Å²) in [5, 5.41) is 11.4. The highest BCUT2D eigenvalue weighted by Gasteiger charge is 2.62. The van der Waals surface area contributed by atoms with E-state index in [1.807, 2.05) is 0 Å². The molecule has 10 atom stereocenters. The van der Waals surface area contributed by atoms with Gasteiger partial charge in [-0.2, -0.15) is 0 Å². The molecular weight excluding hydrogens is 352 g/mol. The first-order valence-electron chi connectivity index (χ1n) is 13.3.